The number of nitrogens with zero attached hydrogens (tertiary/aromatic N) is 1. The van der Waals surface area contributed by atoms with Gasteiger partial charge < -0.3 is 15.0 Å². The Hall–Kier alpha value is -3.33. The van der Waals surface area contributed by atoms with Crippen LogP contribution in [0.2, 0.25) is 5.02 Å². The summed E-state index contributed by atoms with van der Waals surface area (Å²) in [5.41, 5.74) is 1.40. The van der Waals surface area contributed by atoms with Gasteiger partial charge in [0.25, 0.3) is 5.56 Å². The third-order valence-electron chi connectivity index (χ3n) is 4.40. The molecule has 0 bridgehead atoms. The standard InChI is InChI=1S/C22H19ClF3N3O3/c1-12(2)21(31)27-11-13-3-8-17(23)16(9-13)20-28-18(10-19(30)29-20)14-4-6-15(7-5-14)32-22(24,25)26/h3-10,12H,11H2,1-2H3,(H,27,31)(H,28,29,30). The minimum absolute atomic E-state index is 0.104. The van der Waals surface area contributed by atoms with Gasteiger partial charge in [-0.05, 0) is 42.0 Å². The molecule has 168 valence electrons. The topological polar surface area (TPSA) is 84.1 Å². The molecule has 0 saturated heterocycles. The highest BCUT2D eigenvalue weighted by atomic mass is 35.5. The Morgan fingerprint density at radius 3 is 2.47 bits per heavy atom. The summed E-state index contributed by atoms with van der Waals surface area (Å²) in [7, 11) is 0. The molecule has 3 rings (SSSR count). The van der Waals surface area contributed by atoms with E-state index < -0.39 is 11.9 Å². The van der Waals surface area contributed by atoms with Crippen molar-refractivity contribution >= 4 is 17.5 Å². The first-order valence-corrected chi connectivity index (χ1v) is 9.93. The van der Waals surface area contributed by atoms with Gasteiger partial charge >= 0.3 is 6.36 Å². The SMILES string of the molecule is CC(C)C(=O)NCc1ccc(Cl)c(-c2nc(-c3ccc(OC(F)(F)F)cc3)cc(=O)[nH]2)c1. The van der Waals surface area contributed by atoms with Crippen LogP contribution in [-0.2, 0) is 11.3 Å². The van der Waals surface area contributed by atoms with Crippen molar-refractivity contribution in [1.82, 2.24) is 15.3 Å². The van der Waals surface area contributed by atoms with Gasteiger partial charge in [-0.25, -0.2) is 4.98 Å². The molecule has 3 aromatic rings. The maximum absolute atomic E-state index is 12.4. The van der Waals surface area contributed by atoms with E-state index in [0.29, 0.717) is 16.1 Å². The predicted octanol–water partition coefficient (Wildman–Crippen LogP) is 4.93. The second kappa shape index (κ2) is 9.44. The summed E-state index contributed by atoms with van der Waals surface area (Å²) in [5, 5.41) is 3.13. The van der Waals surface area contributed by atoms with Gasteiger partial charge in [0.1, 0.15) is 11.6 Å². The molecule has 32 heavy (non-hydrogen) atoms. The zero-order chi connectivity index (χ0) is 23.5. The van der Waals surface area contributed by atoms with Crippen LogP contribution in [-0.4, -0.2) is 22.2 Å². The number of carbonyl (C=O) groups is 1. The van der Waals surface area contributed by atoms with Crippen LogP contribution in [0.15, 0.2) is 53.3 Å². The Kier molecular flexibility index (Phi) is 6.88. The lowest BCUT2D eigenvalue weighted by atomic mass is 10.1. The molecule has 0 aliphatic heterocycles. The van der Waals surface area contributed by atoms with Crippen LogP contribution in [0.5, 0.6) is 5.75 Å². The molecule has 0 radical (unpaired) electrons. The van der Waals surface area contributed by atoms with Gasteiger partial charge in [-0.15, -0.1) is 13.2 Å². The van der Waals surface area contributed by atoms with Crippen molar-refractivity contribution in [3.8, 4) is 28.4 Å². The van der Waals surface area contributed by atoms with E-state index in [1.165, 1.54) is 18.2 Å². The fraction of sp³-hybridized carbons (Fsp3) is 0.227. The highest BCUT2D eigenvalue weighted by Gasteiger charge is 2.31. The van der Waals surface area contributed by atoms with Gasteiger partial charge in [-0.2, -0.15) is 0 Å². The average Bonchev–Trinajstić information content (AvgIpc) is 2.71. The smallest absolute Gasteiger partial charge is 0.406 e. The molecular formula is C22H19ClF3N3O3. The number of aromatic nitrogens is 2. The van der Waals surface area contributed by atoms with E-state index in [9.17, 15) is 22.8 Å². The molecule has 0 aliphatic rings. The second-order valence-corrected chi connectivity index (χ2v) is 7.65. The minimum Gasteiger partial charge on any atom is -0.406 e. The quantitative estimate of drug-likeness (QED) is 0.540. The van der Waals surface area contributed by atoms with Crippen molar-refractivity contribution in [3.63, 3.8) is 0 Å². The highest BCUT2D eigenvalue weighted by Crippen LogP contribution is 2.29. The summed E-state index contributed by atoms with van der Waals surface area (Å²) in [6, 6.07) is 11.3. The van der Waals surface area contributed by atoms with Gasteiger partial charge in [-0.3, -0.25) is 9.59 Å². The van der Waals surface area contributed by atoms with Crippen LogP contribution in [0.25, 0.3) is 22.6 Å². The Balaban J connectivity index is 1.91. The van der Waals surface area contributed by atoms with Crippen LogP contribution >= 0.6 is 11.6 Å². The number of hydrogen-bond acceptors (Lipinski definition) is 4. The molecule has 2 aromatic carbocycles. The fourth-order valence-corrected chi connectivity index (χ4v) is 3.02. The van der Waals surface area contributed by atoms with Crippen molar-refractivity contribution in [2.75, 3.05) is 0 Å². The summed E-state index contributed by atoms with van der Waals surface area (Å²) in [4.78, 5) is 31.1. The molecule has 0 fully saturated rings. The van der Waals surface area contributed by atoms with Gasteiger partial charge in [0.05, 0.1) is 10.7 Å². The number of carbonyl (C=O) groups excluding carboxylic acids is 1. The number of hydrogen-bond donors (Lipinski definition) is 2. The van der Waals surface area contributed by atoms with E-state index in [2.05, 4.69) is 20.0 Å². The maximum Gasteiger partial charge on any atom is 0.573 e. The number of rotatable bonds is 6. The lowest BCUT2D eigenvalue weighted by molar-refractivity contribution is -0.274. The zero-order valence-electron chi connectivity index (χ0n) is 17.1. The molecular weight excluding hydrogens is 447 g/mol. The van der Waals surface area contributed by atoms with E-state index in [-0.39, 0.29) is 35.6 Å². The normalized spacial score (nSPS) is 11.5. The fourth-order valence-electron chi connectivity index (χ4n) is 2.82. The molecule has 0 spiro atoms. The summed E-state index contributed by atoms with van der Waals surface area (Å²) >= 11 is 6.30. The van der Waals surface area contributed by atoms with Gasteiger partial charge in [-0.1, -0.05) is 31.5 Å². The maximum atomic E-state index is 12.4. The summed E-state index contributed by atoms with van der Waals surface area (Å²) < 4.78 is 40.9. The van der Waals surface area contributed by atoms with Crippen LogP contribution in [0, 0.1) is 5.92 Å². The largest absolute Gasteiger partial charge is 0.573 e. The lowest BCUT2D eigenvalue weighted by Crippen LogP contribution is -2.27. The number of H-pyrrole nitrogens is 1. The van der Waals surface area contributed by atoms with Crippen molar-refractivity contribution in [3.05, 3.63) is 69.5 Å². The number of nitrogens with one attached hydrogen (secondary N) is 2. The molecule has 1 aromatic heterocycles. The zero-order valence-corrected chi connectivity index (χ0v) is 17.8. The van der Waals surface area contributed by atoms with E-state index in [4.69, 9.17) is 11.6 Å². The molecule has 1 amide bonds. The molecule has 0 aliphatic carbocycles. The molecule has 0 atom stereocenters. The van der Waals surface area contributed by atoms with E-state index in [1.54, 1.807) is 32.0 Å². The van der Waals surface area contributed by atoms with Crippen molar-refractivity contribution < 1.29 is 22.7 Å². The summed E-state index contributed by atoms with van der Waals surface area (Å²) in [6.45, 7) is 3.83. The molecule has 1 heterocycles. The Bertz CT molecular complexity index is 1180. The number of aromatic amines is 1. The minimum atomic E-state index is -4.80. The molecule has 6 nitrogen and oxygen atoms in total. The number of benzene rings is 2. The van der Waals surface area contributed by atoms with Gasteiger partial charge in [0.2, 0.25) is 5.91 Å². The first-order chi connectivity index (χ1) is 15.0. The molecule has 2 N–H and O–H groups in total. The van der Waals surface area contributed by atoms with E-state index in [0.717, 1.165) is 17.7 Å². The van der Waals surface area contributed by atoms with Gasteiger partial charge in [0, 0.05) is 29.7 Å². The van der Waals surface area contributed by atoms with Crippen LogP contribution in [0.4, 0.5) is 13.2 Å². The number of amides is 1. The van der Waals surface area contributed by atoms with Crippen molar-refractivity contribution in [2.45, 2.75) is 26.8 Å². The summed E-state index contributed by atoms with van der Waals surface area (Å²) in [5.74, 6) is -0.465. The predicted molar refractivity (Wildman–Crippen MR) is 114 cm³/mol. The molecule has 10 heteroatoms. The summed E-state index contributed by atoms with van der Waals surface area (Å²) in [6.07, 6.45) is -4.80. The second-order valence-electron chi connectivity index (χ2n) is 7.24. The Labute approximate surface area is 186 Å². The number of halogens is 4. The third-order valence-corrected chi connectivity index (χ3v) is 4.73. The third kappa shape index (κ3) is 6.10. The molecule has 0 unspecified atom stereocenters. The van der Waals surface area contributed by atoms with E-state index >= 15 is 0 Å². The van der Waals surface area contributed by atoms with Gasteiger partial charge in [0.15, 0.2) is 0 Å². The van der Waals surface area contributed by atoms with Crippen molar-refractivity contribution in [1.29, 1.82) is 0 Å². The first kappa shape index (κ1) is 23.3. The average molecular weight is 466 g/mol. The van der Waals surface area contributed by atoms with Crippen LogP contribution in [0.3, 0.4) is 0 Å². The van der Waals surface area contributed by atoms with Crippen LogP contribution < -0.4 is 15.6 Å². The Morgan fingerprint density at radius 2 is 1.84 bits per heavy atom. The van der Waals surface area contributed by atoms with Crippen molar-refractivity contribution in [2.24, 2.45) is 5.92 Å². The number of ether oxygens (including phenoxy) is 1. The monoisotopic (exact) mass is 465 g/mol. The first-order valence-electron chi connectivity index (χ1n) is 9.56. The van der Waals surface area contributed by atoms with E-state index in [1.807, 2.05) is 0 Å². The number of alkyl halides is 3. The van der Waals surface area contributed by atoms with Crippen LogP contribution in [0.1, 0.15) is 19.4 Å². The Morgan fingerprint density at radius 1 is 1.16 bits per heavy atom. The molecule has 0 saturated carbocycles. The highest BCUT2D eigenvalue weighted by molar-refractivity contribution is 6.33. The lowest BCUT2D eigenvalue weighted by Gasteiger charge is -2.11.